The average Bonchev–Trinajstić information content (AvgIpc) is 2.42. The molecule has 0 unspecified atom stereocenters. The van der Waals surface area contributed by atoms with Crippen LogP contribution in [0, 0.1) is 0 Å². The molecule has 0 aliphatic heterocycles. The first-order valence-electron chi connectivity index (χ1n) is 6.07. The fourth-order valence-electron chi connectivity index (χ4n) is 0.612. The van der Waals surface area contributed by atoms with Crippen molar-refractivity contribution in [1.82, 2.24) is 0 Å². The molecule has 0 atom stereocenters. The third-order valence-electron chi connectivity index (χ3n) is 1.60. The molecule has 0 heterocycles. The molecule has 26 heavy (non-hydrogen) atoms. The van der Waals surface area contributed by atoms with Crippen molar-refractivity contribution < 1.29 is 96.5 Å². The van der Waals surface area contributed by atoms with Gasteiger partial charge >= 0.3 is 37.1 Å². The standard InChI is InChI=1S/3C4H6O4.2V/c3*5-3(6)1-2-4(7)8;;/h3*1-2H2,(H,5,6)(H,7,8);;/q;;;2*+3/p-6. The second kappa shape index (κ2) is 23.0. The monoisotopic (exact) mass is 450 g/mol. The van der Waals surface area contributed by atoms with E-state index in [4.69, 9.17) is 0 Å². The summed E-state index contributed by atoms with van der Waals surface area (Å²) in [6.45, 7) is 0. The van der Waals surface area contributed by atoms with E-state index in [0.29, 0.717) is 0 Å². The van der Waals surface area contributed by atoms with Crippen molar-refractivity contribution in [1.29, 1.82) is 0 Å². The molecule has 14 heteroatoms. The van der Waals surface area contributed by atoms with Crippen molar-refractivity contribution in [2.75, 3.05) is 0 Å². The number of hydrogen-bond donors (Lipinski definition) is 0. The van der Waals surface area contributed by atoms with Gasteiger partial charge in [0.05, 0.1) is 0 Å². The molecule has 0 saturated carbocycles. The molecule has 12 nitrogen and oxygen atoms in total. The van der Waals surface area contributed by atoms with Crippen molar-refractivity contribution in [2.45, 2.75) is 38.5 Å². The Kier molecular flexibility index (Phi) is 31.1. The van der Waals surface area contributed by atoms with Crippen LogP contribution in [0.3, 0.4) is 0 Å². The van der Waals surface area contributed by atoms with Crippen LogP contribution in [0.15, 0.2) is 0 Å². The predicted octanol–water partition coefficient (Wildman–Crippen LogP) is -8.21. The van der Waals surface area contributed by atoms with Gasteiger partial charge in [0.1, 0.15) is 0 Å². The molecule has 0 rings (SSSR count). The first kappa shape index (κ1) is 35.2. The topological polar surface area (TPSA) is 241 Å². The van der Waals surface area contributed by atoms with E-state index in [9.17, 15) is 59.4 Å². The molecule has 142 valence electrons. The van der Waals surface area contributed by atoms with Gasteiger partial charge in [-0.05, 0) is 38.5 Å². The summed E-state index contributed by atoms with van der Waals surface area (Å²) in [4.78, 5) is 57.0. The molecule has 0 bridgehead atoms. The molecule has 0 N–H and O–H groups in total. The van der Waals surface area contributed by atoms with E-state index < -0.39 is 74.3 Å². The number of rotatable bonds is 9. The molecule has 0 aromatic carbocycles. The normalized spacial score (nSPS) is 7.85. The van der Waals surface area contributed by atoms with Gasteiger partial charge in [0.15, 0.2) is 0 Å². The Labute approximate surface area is 171 Å². The molecule has 0 spiro atoms. The van der Waals surface area contributed by atoms with Crippen molar-refractivity contribution in [3.8, 4) is 0 Å². The third kappa shape index (κ3) is 57.4. The van der Waals surface area contributed by atoms with Gasteiger partial charge < -0.3 is 59.4 Å². The summed E-state index contributed by atoms with van der Waals surface area (Å²) in [5.74, 6) is -8.20. The van der Waals surface area contributed by atoms with Gasteiger partial charge in [0.2, 0.25) is 0 Å². The molecule has 0 saturated heterocycles. The molecule has 0 aromatic heterocycles. The van der Waals surface area contributed by atoms with E-state index in [2.05, 4.69) is 0 Å². The van der Waals surface area contributed by atoms with E-state index in [1.165, 1.54) is 0 Å². The van der Waals surface area contributed by atoms with Crippen LogP contribution < -0.4 is 30.6 Å². The van der Waals surface area contributed by atoms with Crippen molar-refractivity contribution in [2.24, 2.45) is 0 Å². The van der Waals surface area contributed by atoms with E-state index in [-0.39, 0.29) is 37.1 Å². The summed E-state index contributed by atoms with van der Waals surface area (Å²) in [5, 5.41) is 57.0. The van der Waals surface area contributed by atoms with E-state index in [1.807, 2.05) is 0 Å². The minimum Gasteiger partial charge on any atom is -0.550 e. The van der Waals surface area contributed by atoms with Crippen LogP contribution in [0.1, 0.15) is 38.5 Å². The average molecular weight is 450 g/mol. The maximum Gasteiger partial charge on any atom is 3.00 e. The van der Waals surface area contributed by atoms with E-state index >= 15 is 0 Å². The Bertz CT molecular complexity index is 355. The Balaban J connectivity index is -0.0000000817. The Hall–Kier alpha value is -2.01. The molecule has 0 amide bonds. The number of carbonyl (C=O) groups is 6. The number of hydrogen-bond acceptors (Lipinski definition) is 12. The van der Waals surface area contributed by atoms with Gasteiger partial charge in [0.25, 0.3) is 0 Å². The smallest absolute Gasteiger partial charge is 0.550 e. The van der Waals surface area contributed by atoms with Crippen molar-refractivity contribution in [3.05, 3.63) is 0 Å². The van der Waals surface area contributed by atoms with Crippen LogP contribution in [0.25, 0.3) is 0 Å². The van der Waals surface area contributed by atoms with E-state index in [0.717, 1.165) is 0 Å². The second-order valence-electron chi connectivity index (χ2n) is 3.73. The number of carboxylic acid groups (broad SMARTS) is 6. The maximum absolute atomic E-state index is 9.50. The van der Waals surface area contributed by atoms with Crippen LogP contribution >= 0.6 is 0 Å². The summed E-state index contributed by atoms with van der Waals surface area (Å²) in [7, 11) is 0. The quantitative estimate of drug-likeness (QED) is 0.318. The van der Waals surface area contributed by atoms with Gasteiger partial charge in [-0.2, -0.15) is 0 Å². The molecule has 0 aliphatic rings. The van der Waals surface area contributed by atoms with Gasteiger partial charge in [0, 0.05) is 35.8 Å². The summed E-state index contributed by atoms with van der Waals surface area (Å²) < 4.78 is 0. The molecule has 0 aliphatic carbocycles. The first-order valence-corrected chi connectivity index (χ1v) is 6.07. The van der Waals surface area contributed by atoms with Crippen LogP contribution in [0.5, 0.6) is 0 Å². The SMILES string of the molecule is O=C([O-])CCC(=O)[O-].O=C([O-])CCC(=O)[O-].O=C([O-])CCC(=O)[O-].[V+3].[V+3]. The molecular weight excluding hydrogens is 438 g/mol. The minimum atomic E-state index is -1.37. The molecule has 0 aromatic rings. The maximum atomic E-state index is 9.50. The third-order valence-corrected chi connectivity index (χ3v) is 1.60. The zero-order valence-corrected chi connectivity index (χ0v) is 15.8. The summed E-state index contributed by atoms with van der Waals surface area (Å²) in [6, 6.07) is 0. The van der Waals surface area contributed by atoms with Crippen molar-refractivity contribution >= 4 is 35.8 Å². The largest absolute Gasteiger partial charge is 3.00 e. The molecular formula is C12H12O12V2. The van der Waals surface area contributed by atoms with Gasteiger partial charge in [-0.15, -0.1) is 0 Å². The zero-order valence-electron chi connectivity index (χ0n) is 13.0. The number of carbonyl (C=O) groups excluding carboxylic acids is 6. The second-order valence-corrected chi connectivity index (χ2v) is 3.73. The minimum absolute atomic E-state index is 0. The molecule has 0 fully saturated rings. The van der Waals surface area contributed by atoms with Crippen LogP contribution in [0.4, 0.5) is 0 Å². The Morgan fingerprint density at radius 1 is 0.346 bits per heavy atom. The van der Waals surface area contributed by atoms with Crippen LogP contribution in [-0.4, -0.2) is 35.8 Å². The van der Waals surface area contributed by atoms with E-state index in [1.54, 1.807) is 0 Å². The Morgan fingerprint density at radius 2 is 0.423 bits per heavy atom. The van der Waals surface area contributed by atoms with Crippen LogP contribution in [-0.2, 0) is 65.9 Å². The number of aliphatic carboxylic acids is 6. The van der Waals surface area contributed by atoms with Crippen molar-refractivity contribution in [3.63, 3.8) is 0 Å². The van der Waals surface area contributed by atoms with Crippen LogP contribution in [0.2, 0.25) is 0 Å². The molecule has 0 radical (unpaired) electrons. The number of carboxylic acids is 6. The summed E-state index contributed by atoms with van der Waals surface area (Å²) in [5.41, 5.74) is 0. The summed E-state index contributed by atoms with van der Waals surface area (Å²) in [6.07, 6.45) is -2.82. The van der Waals surface area contributed by atoms with Gasteiger partial charge in [-0.1, -0.05) is 0 Å². The van der Waals surface area contributed by atoms with Gasteiger partial charge in [-0.3, -0.25) is 0 Å². The van der Waals surface area contributed by atoms with Gasteiger partial charge in [-0.25, -0.2) is 0 Å². The zero-order chi connectivity index (χ0) is 19.7. The Morgan fingerprint density at radius 3 is 0.462 bits per heavy atom. The predicted molar refractivity (Wildman–Crippen MR) is 57.7 cm³/mol. The fourth-order valence-corrected chi connectivity index (χ4v) is 0.612. The summed E-state index contributed by atoms with van der Waals surface area (Å²) >= 11 is 0. The fraction of sp³-hybridized carbons (Fsp3) is 0.500. The first-order chi connectivity index (χ1) is 10.9.